The second-order valence-corrected chi connectivity index (χ2v) is 3.91. The van der Waals surface area contributed by atoms with Crippen molar-refractivity contribution in [3.63, 3.8) is 0 Å². The first-order valence-corrected chi connectivity index (χ1v) is 5.58. The molecule has 0 aromatic heterocycles. The molecule has 0 aliphatic heterocycles. The highest BCUT2D eigenvalue weighted by atomic mass is 19.3. The molecule has 0 saturated carbocycles. The molecule has 0 rings (SSSR count). The van der Waals surface area contributed by atoms with Crippen LogP contribution in [-0.2, 0) is 4.74 Å². The minimum atomic E-state index is -3.00. The van der Waals surface area contributed by atoms with Crippen LogP contribution in [0.15, 0.2) is 4.99 Å². The summed E-state index contributed by atoms with van der Waals surface area (Å²) >= 11 is 0. The average molecular weight is 237 g/mol. The Bertz CT molecular complexity index is 208. The number of ether oxygens (including phenoxy) is 1. The van der Waals surface area contributed by atoms with E-state index in [2.05, 4.69) is 4.99 Å². The fraction of sp³-hybridized carbons (Fsp3) is 0.909. The summed E-state index contributed by atoms with van der Waals surface area (Å²) in [4.78, 5) is 3.25. The van der Waals surface area contributed by atoms with E-state index in [-0.39, 0.29) is 19.3 Å². The summed E-state index contributed by atoms with van der Waals surface area (Å²) < 4.78 is 31.4. The first-order chi connectivity index (χ1) is 7.44. The van der Waals surface area contributed by atoms with Crippen molar-refractivity contribution in [1.29, 1.82) is 0 Å². The SMILES string of the molecule is CCC(CC=NC(F)(F)C(C)C)OCCO. The fourth-order valence-corrected chi connectivity index (χ4v) is 1.01. The Morgan fingerprint density at radius 3 is 2.50 bits per heavy atom. The molecule has 0 aliphatic rings. The third-order valence-corrected chi connectivity index (χ3v) is 2.23. The first kappa shape index (κ1) is 15.4. The second kappa shape index (κ2) is 7.68. The number of aliphatic hydroxyl groups excluding tert-OH is 1. The van der Waals surface area contributed by atoms with E-state index in [9.17, 15) is 8.78 Å². The molecule has 1 atom stereocenters. The van der Waals surface area contributed by atoms with E-state index in [4.69, 9.17) is 9.84 Å². The van der Waals surface area contributed by atoms with Crippen molar-refractivity contribution < 1.29 is 18.6 Å². The predicted octanol–water partition coefficient (Wildman–Crippen LogP) is 2.48. The molecule has 0 aromatic rings. The lowest BCUT2D eigenvalue weighted by molar-refractivity contribution is -0.0352. The number of halogens is 2. The van der Waals surface area contributed by atoms with Crippen LogP contribution in [0.4, 0.5) is 8.78 Å². The van der Waals surface area contributed by atoms with Crippen LogP contribution in [0.1, 0.15) is 33.6 Å². The van der Waals surface area contributed by atoms with E-state index in [1.165, 1.54) is 20.1 Å². The minimum absolute atomic E-state index is 0.0597. The summed E-state index contributed by atoms with van der Waals surface area (Å²) in [5.41, 5.74) is 0. The second-order valence-electron chi connectivity index (χ2n) is 3.91. The maximum Gasteiger partial charge on any atom is 0.344 e. The van der Waals surface area contributed by atoms with Gasteiger partial charge in [0.25, 0.3) is 0 Å². The monoisotopic (exact) mass is 237 g/mol. The van der Waals surface area contributed by atoms with Gasteiger partial charge in [0.1, 0.15) is 0 Å². The molecule has 0 aliphatic carbocycles. The number of alkyl halides is 2. The van der Waals surface area contributed by atoms with E-state index in [0.717, 1.165) is 0 Å². The highest BCUT2D eigenvalue weighted by Crippen LogP contribution is 2.24. The van der Waals surface area contributed by atoms with Crippen molar-refractivity contribution >= 4 is 6.21 Å². The van der Waals surface area contributed by atoms with Gasteiger partial charge in [0.05, 0.1) is 19.3 Å². The van der Waals surface area contributed by atoms with Crippen LogP contribution in [0.2, 0.25) is 0 Å². The Morgan fingerprint density at radius 2 is 2.06 bits per heavy atom. The van der Waals surface area contributed by atoms with Gasteiger partial charge in [0.15, 0.2) is 0 Å². The number of hydrogen-bond acceptors (Lipinski definition) is 3. The Labute approximate surface area is 95.5 Å². The third-order valence-electron chi connectivity index (χ3n) is 2.23. The molecule has 1 N–H and O–H groups in total. The quantitative estimate of drug-likeness (QED) is 0.520. The molecule has 0 bridgehead atoms. The summed E-state index contributed by atoms with van der Waals surface area (Å²) in [5.74, 6) is -0.804. The van der Waals surface area contributed by atoms with Crippen LogP contribution in [0.25, 0.3) is 0 Å². The van der Waals surface area contributed by atoms with E-state index < -0.39 is 12.0 Å². The van der Waals surface area contributed by atoms with Gasteiger partial charge >= 0.3 is 6.05 Å². The molecule has 16 heavy (non-hydrogen) atoms. The lowest BCUT2D eigenvalue weighted by atomic mass is 10.2. The Hall–Kier alpha value is -0.550. The van der Waals surface area contributed by atoms with Crippen LogP contribution in [0.5, 0.6) is 0 Å². The predicted molar refractivity (Wildman–Crippen MR) is 60.0 cm³/mol. The molecule has 3 nitrogen and oxygen atoms in total. The van der Waals surface area contributed by atoms with Gasteiger partial charge in [-0.05, 0) is 6.42 Å². The molecule has 0 heterocycles. The van der Waals surface area contributed by atoms with Crippen LogP contribution in [0.3, 0.4) is 0 Å². The number of aliphatic imine (C=N–C) groups is 1. The molecule has 0 radical (unpaired) electrons. The van der Waals surface area contributed by atoms with Crippen molar-refractivity contribution in [3.8, 4) is 0 Å². The Morgan fingerprint density at radius 1 is 1.44 bits per heavy atom. The van der Waals surface area contributed by atoms with Gasteiger partial charge in [-0.15, -0.1) is 0 Å². The fourth-order valence-electron chi connectivity index (χ4n) is 1.01. The molecule has 0 saturated heterocycles. The summed E-state index contributed by atoms with van der Waals surface area (Å²) in [7, 11) is 0. The van der Waals surface area contributed by atoms with Gasteiger partial charge in [-0.25, -0.2) is 4.99 Å². The molecule has 5 heteroatoms. The smallest absolute Gasteiger partial charge is 0.344 e. The molecule has 0 fully saturated rings. The van der Waals surface area contributed by atoms with E-state index in [1.807, 2.05) is 6.92 Å². The highest BCUT2D eigenvalue weighted by Gasteiger charge is 2.31. The number of rotatable bonds is 8. The molecule has 96 valence electrons. The van der Waals surface area contributed by atoms with Gasteiger partial charge in [-0.3, -0.25) is 0 Å². The van der Waals surface area contributed by atoms with Gasteiger partial charge in [-0.1, -0.05) is 20.8 Å². The van der Waals surface area contributed by atoms with Crippen molar-refractivity contribution in [1.82, 2.24) is 0 Å². The summed E-state index contributed by atoms with van der Waals surface area (Å²) in [6, 6.07) is -3.00. The zero-order valence-electron chi connectivity index (χ0n) is 10.1. The van der Waals surface area contributed by atoms with Crippen molar-refractivity contribution in [2.75, 3.05) is 13.2 Å². The van der Waals surface area contributed by atoms with E-state index >= 15 is 0 Å². The van der Waals surface area contributed by atoms with E-state index in [1.54, 1.807) is 0 Å². The zero-order valence-corrected chi connectivity index (χ0v) is 10.1. The topological polar surface area (TPSA) is 41.8 Å². The number of nitrogens with zero attached hydrogens (tertiary/aromatic N) is 1. The van der Waals surface area contributed by atoms with Crippen LogP contribution < -0.4 is 0 Å². The summed E-state index contributed by atoms with van der Waals surface area (Å²) in [5, 5.41) is 8.56. The zero-order chi connectivity index (χ0) is 12.6. The minimum Gasteiger partial charge on any atom is -0.394 e. The van der Waals surface area contributed by atoms with Crippen LogP contribution >= 0.6 is 0 Å². The van der Waals surface area contributed by atoms with E-state index in [0.29, 0.717) is 12.8 Å². The van der Waals surface area contributed by atoms with Crippen LogP contribution in [-0.4, -0.2) is 36.7 Å². The molecule has 0 spiro atoms. The molecular formula is C11H21F2NO2. The normalized spacial score (nSPS) is 14.9. The maximum absolute atomic E-state index is 13.1. The van der Waals surface area contributed by atoms with Crippen molar-refractivity contribution in [2.45, 2.75) is 45.8 Å². The molecular weight excluding hydrogens is 216 g/mol. The lowest BCUT2D eigenvalue weighted by Crippen LogP contribution is -2.22. The van der Waals surface area contributed by atoms with Gasteiger partial charge in [0.2, 0.25) is 0 Å². The average Bonchev–Trinajstić information content (AvgIpc) is 2.22. The Balaban J connectivity index is 4.04. The number of hydrogen-bond donors (Lipinski definition) is 1. The lowest BCUT2D eigenvalue weighted by Gasteiger charge is -2.16. The molecule has 0 aromatic carbocycles. The first-order valence-electron chi connectivity index (χ1n) is 5.58. The van der Waals surface area contributed by atoms with Gasteiger partial charge < -0.3 is 9.84 Å². The standard InChI is InChI=1S/C11H21F2NO2/c1-4-10(16-8-7-15)5-6-14-11(12,13)9(2)3/h6,9-10,15H,4-5,7-8H2,1-3H3. The van der Waals surface area contributed by atoms with Crippen LogP contribution in [0, 0.1) is 5.92 Å². The van der Waals surface area contributed by atoms with Crippen molar-refractivity contribution in [3.05, 3.63) is 0 Å². The largest absolute Gasteiger partial charge is 0.394 e. The highest BCUT2D eigenvalue weighted by molar-refractivity contribution is 5.58. The number of aliphatic hydroxyl groups is 1. The molecule has 0 amide bonds. The van der Waals surface area contributed by atoms with Gasteiger partial charge in [0, 0.05) is 18.6 Å². The van der Waals surface area contributed by atoms with Gasteiger partial charge in [-0.2, -0.15) is 8.78 Å². The molecule has 1 unspecified atom stereocenters. The van der Waals surface area contributed by atoms with Crippen molar-refractivity contribution in [2.24, 2.45) is 10.9 Å². The third kappa shape index (κ3) is 6.12. The summed E-state index contributed by atoms with van der Waals surface area (Å²) in [6.07, 6.45) is 2.11. The maximum atomic E-state index is 13.1. The Kier molecular flexibility index (Phi) is 7.42. The summed E-state index contributed by atoms with van der Waals surface area (Å²) in [6.45, 7) is 4.92.